The molecule has 15 heavy (non-hydrogen) atoms. The van der Waals surface area contributed by atoms with E-state index in [1.165, 1.54) is 36.0 Å². The Hall–Kier alpha value is -1.33. The average molecular weight is 200 g/mol. The van der Waals surface area contributed by atoms with E-state index in [9.17, 15) is 0 Å². The molecular formula is C13H16N2. The van der Waals surface area contributed by atoms with Crippen LogP contribution in [-0.2, 0) is 19.4 Å². The zero-order valence-electron chi connectivity index (χ0n) is 9.09. The normalized spacial score (nSPS) is 15.7. The van der Waals surface area contributed by atoms with Crippen LogP contribution in [0.25, 0.3) is 0 Å². The minimum atomic E-state index is -0.0711. The molecule has 2 rings (SSSR count). The molecule has 0 aromatic heterocycles. The molecule has 0 spiro atoms. The van der Waals surface area contributed by atoms with Gasteiger partial charge >= 0.3 is 0 Å². The van der Waals surface area contributed by atoms with E-state index in [2.05, 4.69) is 29.6 Å². The van der Waals surface area contributed by atoms with Gasteiger partial charge in [0.15, 0.2) is 0 Å². The maximum atomic E-state index is 8.66. The van der Waals surface area contributed by atoms with Crippen LogP contribution in [0, 0.1) is 11.3 Å². The molecule has 2 nitrogen and oxygen atoms in total. The quantitative estimate of drug-likeness (QED) is 0.811. The fraction of sp³-hybridized carbons (Fsp3) is 0.462. The van der Waals surface area contributed by atoms with E-state index in [1.807, 2.05) is 6.92 Å². The lowest BCUT2D eigenvalue weighted by Gasteiger charge is -2.07. The molecule has 1 aromatic rings. The summed E-state index contributed by atoms with van der Waals surface area (Å²) in [5.41, 5.74) is 4.30. The second-order valence-electron chi connectivity index (χ2n) is 4.19. The van der Waals surface area contributed by atoms with Crippen LogP contribution in [0.4, 0.5) is 0 Å². The predicted octanol–water partition coefficient (Wildman–Crippen LogP) is 2.18. The summed E-state index contributed by atoms with van der Waals surface area (Å²) in [5.74, 6) is 0. The Morgan fingerprint density at radius 3 is 3.00 bits per heavy atom. The van der Waals surface area contributed by atoms with Crippen LogP contribution in [0.5, 0.6) is 0 Å². The first-order valence-electron chi connectivity index (χ1n) is 5.53. The van der Waals surface area contributed by atoms with Crippen molar-refractivity contribution in [1.29, 1.82) is 5.26 Å². The highest BCUT2D eigenvalue weighted by atomic mass is 14.9. The Balaban J connectivity index is 2.01. The van der Waals surface area contributed by atoms with Crippen molar-refractivity contribution >= 4 is 0 Å². The van der Waals surface area contributed by atoms with Crippen LogP contribution < -0.4 is 5.32 Å². The summed E-state index contributed by atoms with van der Waals surface area (Å²) in [6.07, 6.45) is 3.75. The summed E-state index contributed by atoms with van der Waals surface area (Å²) in [7, 11) is 0. The Kier molecular flexibility index (Phi) is 3.03. The van der Waals surface area contributed by atoms with Gasteiger partial charge in [0.1, 0.15) is 0 Å². The van der Waals surface area contributed by atoms with Crippen LogP contribution in [0.3, 0.4) is 0 Å². The molecule has 0 saturated carbocycles. The molecule has 0 saturated heterocycles. The Morgan fingerprint density at radius 1 is 1.40 bits per heavy atom. The highest BCUT2D eigenvalue weighted by Gasteiger charge is 2.10. The van der Waals surface area contributed by atoms with E-state index < -0.39 is 0 Å². The minimum Gasteiger partial charge on any atom is -0.298 e. The number of hydrogen-bond donors (Lipinski definition) is 1. The van der Waals surface area contributed by atoms with Crippen LogP contribution in [0.1, 0.15) is 30.0 Å². The van der Waals surface area contributed by atoms with E-state index in [1.54, 1.807) is 0 Å². The maximum absolute atomic E-state index is 8.66. The van der Waals surface area contributed by atoms with Crippen molar-refractivity contribution in [3.8, 4) is 6.07 Å². The second-order valence-corrected chi connectivity index (χ2v) is 4.19. The highest BCUT2D eigenvalue weighted by molar-refractivity contribution is 5.35. The molecule has 0 amide bonds. The molecule has 1 atom stereocenters. The van der Waals surface area contributed by atoms with E-state index in [0.29, 0.717) is 0 Å². The first-order chi connectivity index (χ1) is 7.29. The van der Waals surface area contributed by atoms with Gasteiger partial charge in [0, 0.05) is 6.54 Å². The molecule has 2 heteroatoms. The van der Waals surface area contributed by atoms with Gasteiger partial charge in [-0.25, -0.2) is 0 Å². The van der Waals surface area contributed by atoms with Gasteiger partial charge in [0.2, 0.25) is 0 Å². The molecular weight excluding hydrogens is 184 g/mol. The smallest absolute Gasteiger partial charge is 0.0927 e. The van der Waals surface area contributed by atoms with Gasteiger partial charge in [-0.15, -0.1) is 0 Å². The van der Waals surface area contributed by atoms with E-state index in [0.717, 1.165) is 6.54 Å². The summed E-state index contributed by atoms with van der Waals surface area (Å²) >= 11 is 0. The van der Waals surface area contributed by atoms with Crippen molar-refractivity contribution in [3.63, 3.8) is 0 Å². The molecule has 1 aliphatic carbocycles. The largest absolute Gasteiger partial charge is 0.298 e. The number of benzene rings is 1. The molecule has 0 fully saturated rings. The molecule has 0 heterocycles. The monoisotopic (exact) mass is 200 g/mol. The molecule has 0 radical (unpaired) electrons. The van der Waals surface area contributed by atoms with Crippen molar-refractivity contribution in [2.24, 2.45) is 0 Å². The standard InChI is InChI=1S/C13H16N2/c1-10(8-14)15-9-11-5-6-12-3-2-4-13(12)7-11/h5-7,10,15H,2-4,9H2,1H3. The number of aryl methyl sites for hydroxylation is 2. The number of fused-ring (bicyclic) bond motifs is 1. The minimum absolute atomic E-state index is 0.0711. The number of nitrogens with zero attached hydrogens (tertiary/aromatic N) is 1. The van der Waals surface area contributed by atoms with Gasteiger partial charge in [-0.2, -0.15) is 5.26 Å². The third-order valence-electron chi connectivity index (χ3n) is 2.97. The fourth-order valence-electron chi connectivity index (χ4n) is 2.05. The highest BCUT2D eigenvalue weighted by Crippen LogP contribution is 2.22. The van der Waals surface area contributed by atoms with Crippen molar-refractivity contribution in [2.45, 2.75) is 38.8 Å². The molecule has 1 N–H and O–H groups in total. The van der Waals surface area contributed by atoms with Gasteiger partial charge in [-0.05, 0) is 42.9 Å². The van der Waals surface area contributed by atoms with Crippen molar-refractivity contribution in [2.75, 3.05) is 0 Å². The van der Waals surface area contributed by atoms with Crippen LogP contribution in [0.15, 0.2) is 18.2 Å². The third kappa shape index (κ3) is 2.37. The number of rotatable bonds is 3. The Bertz CT molecular complexity index is 390. The van der Waals surface area contributed by atoms with Gasteiger partial charge in [0.05, 0.1) is 12.1 Å². The number of hydrogen-bond acceptors (Lipinski definition) is 2. The van der Waals surface area contributed by atoms with Crippen LogP contribution >= 0.6 is 0 Å². The van der Waals surface area contributed by atoms with Gasteiger partial charge in [0.25, 0.3) is 0 Å². The molecule has 78 valence electrons. The van der Waals surface area contributed by atoms with Crippen molar-refractivity contribution in [1.82, 2.24) is 5.32 Å². The SMILES string of the molecule is CC(C#N)NCc1ccc2c(c1)CCC2. The van der Waals surface area contributed by atoms with Gasteiger partial charge < -0.3 is 0 Å². The molecule has 1 unspecified atom stereocenters. The van der Waals surface area contributed by atoms with E-state index in [-0.39, 0.29) is 6.04 Å². The van der Waals surface area contributed by atoms with E-state index >= 15 is 0 Å². The first-order valence-corrected chi connectivity index (χ1v) is 5.53. The van der Waals surface area contributed by atoms with Gasteiger partial charge in [-0.1, -0.05) is 18.2 Å². The Labute approximate surface area is 90.9 Å². The summed E-state index contributed by atoms with van der Waals surface area (Å²) < 4.78 is 0. The zero-order chi connectivity index (χ0) is 10.7. The van der Waals surface area contributed by atoms with Gasteiger partial charge in [-0.3, -0.25) is 5.32 Å². The molecule has 0 bridgehead atoms. The third-order valence-corrected chi connectivity index (χ3v) is 2.97. The molecule has 0 aliphatic heterocycles. The molecule has 1 aliphatic rings. The van der Waals surface area contributed by atoms with Crippen LogP contribution in [-0.4, -0.2) is 6.04 Å². The summed E-state index contributed by atoms with van der Waals surface area (Å²) in [4.78, 5) is 0. The summed E-state index contributed by atoms with van der Waals surface area (Å²) in [6.45, 7) is 2.68. The second kappa shape index (κ2) is 4.46. The average Bonchev–Trinajstić information content (AvgIpc) is 2.72. The number of nitriles is 1. The Morgan fingerprint density at radius 2 is 2.20 bits per heavy atom. The lowest BCUT2D eigenvalue weighted by Crippen LogP contribution is -2.23. The van der Waals surface area contributed by atoms with E-state index in [4.69, 9.17) is 5.26 Å². The topological polar surface area (TPSA) is 35.8 Å². The van der Waals surface area contributed by atoms with Crippen molar-refractivity contribution in [3.05, 3.63) is 34.9 Å². The predicted molar refractivity (Wildman–Crippen MR) is 60.4 cm³/mol. The summed E-state index contributed by atoms with van der Waals surface area (Å²) in [6, 6.07) is 8.78. The lowest BCUT2D eigenvalue weighted by molar-refractivity contribution is 0.642. The van der Waals surface area contributed by atoms with Crippen LogP contribution in [0.2, 0.25) is 0 Å². The number of nitrogens with one attached hydrogen (secondary N) is 1. The lowest BCUT2D eigenvalue weighted by atomic mass is 10.1. The van der Waals surface area contributed by atoms with Crippen molar-refractivity contribution < 1.29 is 0 Å². The summed E-state index contributed by atoms with van der Waals surface area (Å²) in [5, 5.41) is 11.8. The fourth-order valence-corrected chi connectivity index (χ4v) is 2.05. The zero-order valence-corrected chi connectivity index (χ0v) is 9.09. The first kappa shape index (κ1) is 10.2. The maximum Gasteiger partial charge on any atom is 0.0927 e. The molecule has 1 aromatic carbocycles.